The lowest BCUT2D eigenvalue weighted by atomic mass is 10.3. The van der Waals surface area contributed by atoms with Crippen molar-refractivity contribution in [3.8, 4) is 5.88 Å². The molecular weight excluding hydrogens is 236 g/mol. The smallest absolute Gasteiger partial charge is 0.265 e. The highest BCUT2D eigenvalue weighted by Crippen LogP contribution is 2.29. The molecule has 0 spiro atoms. The molecule has 1 amide bonds. The number of halogens is 1. The van der Waals surface area contributed by atoms with E-state index in [4.69, 9.17) is 4.74 Å². The summed E-state index contributed by atoms with van der Waals surface area (Å²) in [7, 11) is 0. The molecule has 1 atom stereocenters. The number of carbonyl (C=O) groups is 1. The van der Waals surface area contributed by atoms with Crippen molar-refractivity contribution in [1.82, 2.24) is 4.98 Å². The standard InChI is InChI=1S/C8H7BrN2O2/c1-4-7(12)11-6-2-5(9)3-10-8(6)13-4/h2-4H,1H3,(H,11,12). The van der Waals surface area contributed by atoms with Gasteiger partial charge in [-0.1, -0.05) is 0 Å². The molecule has 1 aliphatic heterocycles. The molecule has 1 aromatic rings. The third-order valence-corrected chi connectivity index (χ3v) is 2.17. The van der Waals surface area contributed by atoms with Gasteiger partial charge in [-0.15, -0.1) is 0 Å². The van der Waals surface area contributed by atoms with Gasteiger partial charge in [0.05, 0.1) is 0 Å². The second-order valence-corrected chi connectivity index (χ2v) is 3.67. The Labute approximate surface area is 83.4 Å². The minimum absolute atomic E-state index is 0.146. The van der Waals surface area contributed by atoms with E-state index in [9.17, 15) is 4.79 Å². The van der Waals surface area contributed by atoms with E-state index in [1.807, 2.05) is 0 Å². The van der Waals surface area contributed by atoms with E-state index in [0.717, 1.165) is 4.47 Å². The lowest BCUT2D eigenvalue weighted by Gasteiger charge is -2.21. The number of carbonyl (C=O) groups excluding carboxylic acids is 1. The van der Waals surface area contributed by atoms with E-state index >= 15 is 0 Å². The van der Waals surface area contributed by atoms with Crippen molar-refractivity contribution in [2.24, 2.45) is 0 Å². The van der Waals surface area contributed by atoms with Crippen LogP contribution >= 0.6 is 15.9 Å². The fourth-order valence-electron chi connectivity index (χ4n) is 1.07. The first-order valence-corrected chi connectivity index (χ1v) is 4.59. The van der Waals surface area contributed by atoms with E-state index in [-0.39, 0.29) is 5.91 Å². The Balaban J connectivity index is 2.42. The molecule has 0 aliphatic carbocycles. The molecule has 0 aromatic carbocycles. The van der Waals surface area contributed by atoms with Crippen LogP contribution in [0.5, 0.6) is 5.88 Å². The molecule has 1 aliphatic rings. The van der Waals surface area contributed by atoms with Gasteiger partial charge in [0.15, 0.2) is 6.10 Å². The number of anilines is 1. The summed E-state index contributed by atoms with van der Waals surface area (Å²) in [6, 6.07) is 1.76. The van der Waals surface area contributed by atoms with Gasteiger partial charge in [0.1, 0.15) is 5.69 Å². The number of hydrogen-bond acceptors (Lipinski definition) is 3. The van der Waals surface area contributed by atoms with Gasteiger partial charge < -0.3 is 10.1 Å². The number of ether oxygens (including phenoxy) is 1. The highest BCUT2D eigenvalue weighted by Gasteiger charge is 2.24. The Morgan fingerprint density at radius 3 is 3.23 bits per heavy atom. The highest BCUT2D eigenvalue weighted by molar-refractivity contribution is 9.10. The molecule has 1 aromatic heterocycles. The van der Waals surface area contributed by atoms with Crippen molar-refractivity contribution < 1.29 is 9.53 Å². The molecule has 2 heterocycles. The fraction of sp³-hybridized carbons (Fsp3) is 0.250. The summed E-state index contributed by atoms with van der Waals surface area (Å²) in [5.41, 5.74) is 0.609. The molecule has 0 saturated heterocycles. The van der Waals surface area contributed by atoms with Crippen molar-refractivity contribution in [3.63, 3.8) is 0 Å². The molecule has 68 valence electrons. The zero-order chi connectivity index (χ0) is 9.42. The van der Waals surface area contributed by atoms with E-state index in [0.29, 0.717) is 11.6 Å². The summed E-state index contributed by atoms with van der Waals surface area (Å²) in [4.78, 5) is 15.2. The summed E-state index contributed by atoms with van der Waals surface area (Å²) in [6.07, 6.45) is 1.16. The van der Waals surface area contributed by atoms with Gasteiger partial charge >= 0.3 is 0 Å². The summed E-state index contributed by atoms with van der Waals surface area (Å²) in [5, 5.41) is 2.69. The van der Waals surface area contributed by atoms with Crippen LogP contribution in [0.1, 0.15) is 6.92 Å². The molecule has 4 nitrogen and oxygen atoms in total. The van der Waals surface area contributed by atoms with E-state index in [1.165, 1.54) is 0 Å². The lowest BCUT2D eigenvalue weighted by molar-refractivity contribution is -0.122. The monoisotopic (exact) mass is 242 g/mol. The molecule has 0 fully saturated rings. The van der Waals surface area contributed by atoms with Gasteiger partial charge in [-0.3, -0.25) is 4.79 Å². The Bertz CT molecular complexity index is 367. The fourth-order valence-corrected chi connectivity index (χ4v) is 1.40. The first kappa shape index (κ1) is 8.50. The van der Waals surface area contributed by atoms with Crippen molar-refractivity contribution in [2.75, 3.05) is 5.32 Å². The van der Waals surface area contributed by atoms with E-state index < -0.39 is 6.10 Å². The molecule has 0 saturated carbocycles. The summed E-state index contributed by atoms with van der Waals surface area (Å²) >= 11 is 3.26. The lowest BCUT2D eigenvalue weighted by Crippen LogP contribution is -2.34. The molecular formula is C8H7BrN2O2. The Morgan fingerprint density at radius 1 is 1.69 bits per heavy atom. The maximum Gasteiger partial charge on any atom is 0.265 e. The van der Waals surface area contributed by atoms with Crippen LogP contribution in [-0.4, -0.2) is 17.0 Å². The van der Waals surface area contributed by atoms with Gasteiger partial charge in [0.2, 0.25) is 5.88 Å². The number of nitrogens with one attached hydrogen (secondary N) is 1. The number of hydrogen-bond donors (Lipinski definition) is 1. The van der Waals surface area contributed by atoms with Crippen LogP contribution < -0.4 is 10.1 Å². The minimum atomic E-state index is -0.471. The van der Waals surface area contributed by atoms with Gasteiger partial charge in [-0.25, -0.2) is 4.98 Å². The van der Waals surface area contributed by atoms with Crippen LogP contribution in [0.3, 0.4) is 0 Å². The van der Waals surface area contributed by atoms with E-state index in [2.05, 4.69) is 26.2 Å². The summed E-state index contributed by atoms with van der Waals surface area (Å²) < 4.78 is 6.06. The second-order valence-electron chi connectivity index (χ2n) is 2.76. The number of aromatic nitrogens is 1. The quantitative estimate of drug-likeness (QED) is 0.752. The topological polar surface area (TPSA) is 51.2 Å². The molecule has 1 unspecified atom stereocenters. The third kappa shape index (κ3) is 1.51. The van der Waals surface area contributed by atoms with Crippen LogP contribution in [0, 0.1) is 0 Å². The van der Waals surface area contributed by atoms with Crippen LogP contribution in [0.4, 0.5) is 5.69 Å². The van der Waals surface area contributed by atoms with Gasteiger partial charge in [0.25, 0.3) is 5.91 Å². The van der Waals surface area contributed by atoms with Crippen molar-refractivity contribution in [1.29, 1.82) is 0 Å². The molecule has 1 N–H and O–H groups in total. The molecule has 13 heavy (non-hydrogen) atoms. The first-order chi connectivity index (χ1) is 6.16. The Kier molecular flexibility index (Phi) is 1.95. The van der Waals surface area contributed by atoms with Gasteiger partial charge in [0, 0.05) is 10.7 Å². The number of pyridine rings is 1. The van der Waals surface area contributed by atoms with Crippen LogP contribution in [-0.2, 0) is 4.79 Å². The number of rotatable bonds is 0. The minimum Gasteiger partial charge on any atom is -0.463 e. The predicted molar refractivity (Wildman–Crippen MR) is 50.7 cm³/mol. The zero-order valence-electron chi connectivity index (χ0n) is 6.87. The zero-order valence-corrected chi connectivity index (χ0v) is 8.46. The molecule has 5 heteroatoms. The first-order valence-electron chi connectivity index (χ1n) is 3.80. The van der Waals surface area contributed by atoms with Crippen molar-refractivity contribution in [2.45, 2.75) is 13.0 Å². The average Bonchev–Trinajstić information content (AvgIpc) is 2.08. The van der Waals surface area contributed by atoms with Crippen LogP contribution in [0.15, 0.2) is 16.7 Å². The predicted octanol–water partition coefficient (Wildman–Crippen LogP) is 1.56. The summed E-state index contributed by atoms with van der Waals surface area (Å²) in [6.45, 7) is 1.68. The van der Waals surface area contributed by atoms with Gasteiger partial charge in [-0.2, -0.15) is 0 Å². The number of nitrogens with zero attached hydrogens (tertiary/aromatic N) is 1. The van der Waals surface area contributed by atoms with Crippen molar-refractivity contribution in [3.05, 3.63) is 16.7 Å². The Hall–Kier alpha value is -1.10. The molecule has 2 rings (SSSR count). The second kappa shape index (κ2) is 2.99. The largest absolute Gasteiger partial charge is 0.463 e. The molecule has 0 bridgehead atoms. The molecule has 0 radical (unpaired) electrons. The Morgan fingerprint density at radius 2 is 2.46 bits per heavy atom. The third-order valence-electron chi connectivity index (χ3n) is 1.73. The van der Waals surface area contributed by atoms with Gasteiger partial charge in [-0.05, 0) is 28.9 Å². The van der Waals surface area contributed by atoms with E-state index in [1.54, 1.807) is 19.2 Å². The van der Waals surface area contributed by atoms with Crippen LogP contribution in [0.2, 0.25) is 0 Å². The maximum atomic E-state index is 11.2. The number of amides is 1. The van der Waals surface area contributed by atoms with Crippen LogP contribution in [0.25, 0.3) is 0 Å². The average molecular weight is 243 g/mol. The van der Waals surface area contributed by atoms with Crippen molar-refractivity contribution >= 4 is 27.5 Å². The SMILES string of the molecule is CC1Oc2ncc(Br)cc2NC1=O. The number of fused-ring (bicyclic) bond motifs is 1. The normalized spacial score (nSPS) is 20.2. The summed E-state index contributed by atoms with van der Waals surface area (Å²) in [5.74, 6) is 0.322. The maximum absolute atomic E-state index is 11.2. The highest BCUT2D eigenvalue weighted by atomic mass is 79.9.